The van der Waals surface area contributed by atoms with E-state index in [9.17, 15) is 4.79 Å². The van der Waals surface area contributed by atoms with Crippen LogP contribution >= 0.6 is 0 Å². The molecule has 0 aliphatic heterocycles. The van der Waals surface area contributed by atoms with Crippen molar-refractivity contribution in [2.75, 3.05) is 0 Å². The molecule has 22 heavy (non-hydrogen) atoms. The first-order chi connectivity index (χ1) is 10.4. The van der Waals surface area contributed by atoms with E-state index in [0.29, 0.717) is 0 Å². The van der Waals surface area contributed by atoms with Gasteiger partial charge in [0.2, 0.25) is 0 Å². The minimum Gasteiger partial charge on any atom is -0.443 e. The van der Waals surface area contributed by atoms with Gasteiger partial charge in [-0.05, 0) is 51.7 Å². The Labute approximate surface area is 130 Å². The molecule has 0 saturated carbocycles. The third-order valence-corrected chi connectivity index (χ3v) is 3.86. The third-order valence-electron chi connectivity index (χ3n) is 3.86. The smallest absolute Gasteiger partial charge is 0.422 e. The second-order valence-electron chi connectivity index (χ2n) is 6.78. The zero-order valence-corrected chi connectivity index (χ0v) is 13.3. The number of nitrogens with one attached hydrogen (secondary N) is 3. The van der Waals surface area contributed by atoms with Gasteiger partial charge in [-0.2, -0.15) is 0 Å². The molecule has 0 radical (unpaired) electrons. The van der Waals surface area contributed by atoms with Crippen LogP contribution < -0.4 is 10.9 Å². The highest BCUT2D eigenvalue weighted by molar-refractivity contribution is 5.85. The molecule has 118 valence electrons. The number of carbonyl (C=O) groups is 1. The normalized spacial score (nSPS) is 18.0. The average Bonchev–Trinajstić information content (AvgIpc) is 2.82. The van der Waals surface area contributed by atoms with Crippen molar-refractivity contribution in [1.82, 2.24) is 15.8 Å². The van der Waals surface area contributed by atoms with Gasteiger partial charge in [-0.25, -0.2) is 10.2 Å². The molecule has 3 rings (SSSR count). The van der Waals surface area contributed by atoms with Gasteiger partial charge in [0.05, 0.1) is 6.04 Å². The number of aryl methyl sites for hydroxylation is 1. The summed E-state index contributed by atoms with van der Waals surface area (Å²) in [4.78, 5) is 15.3. The standard InChI is InChI=1S/C17H23N3O2/c1-17(2,3)22-16(21)20-19-14-10-6-8-12-11-7-4-5-9-13(11)18-15(12)14/h4-5,7,9,14,18-19H,6,8,10H2,1-3H3,(H,20,21). The molecule has 1 aromatic heterocycles. The van der Waals surface area contributed by atoms with Crippen molar-refractivity contribution in [3.63, 3.8) is 0 Å². The number of aromatic nitrogens is 1. The number of hydrogen-bond donors (Lipinski definition) is 3. The molecule has 1 atom stereocenters. The number of para-hydroxylation sites is 1. The number of benzene rings is 1. The topological polar surface area (TPSA) is 66.2 Å². The van der Waals surface area contributed by atoms with Crippen LogP contribution in [0.15, 0.2) is 24.3 Å². The van der Waals surface area contributed by atoms with Crippen molar-refractivity contribution < 1.29 is 9.53 Å². The van der Waals surface area contributed by atoms with Crippen LogP contribution in [-0.4, -0.2) is 16.7 Å². The Hall–Kier alpha value is -2.01. The lowest BCUT2D eigenvalue weighted by atomic mass is 9.92. The largest absolute Gasteiger partial charge is 0.443 e. The van der Waals surface area contributed by atoms with E-state index in [-0.39, 0.29) is 6.04 Å². The van der Waals surface area contributed by atoms with E-state index in [1.54, 1.807) is 0 Å². The minimum atomic E-state index is -0.495. The van der Waals surface area contributed by atoms with Gasteiger partial charge in [-0.1, -0.05) is 18.2 Å². The van der Waals surface area contributed by atoms with Crippen LogP contribution in [0.25, 0.3) is 10.9 Å². The van der Waals surface area contributed by atoms with Crippen LogP contribution in [0.4, 0.5) is 4.79 Å². The molecule has 1 heterocycles. The Kier molecular flexibility index (Phi) is 3.83. The highest BCUT2D eigenvalue weighted by Gasteiger charge is 2.25. The quantitative estimate of drug-likeness (QED) is 0.743. The van der Waals surface area contributed by atoms with Gasteiger partial charge >= 0.3 is 6.09 Å². The average molecular weight is 301 g/mol. The number of hydrazine groups is 1. The van der Waals surface area contributed by atoms with E-state index >= 15 is 0 Å². The van der Waals surface area contributed by atoms with E-state index < -0.39 is 11.7 Å². The number of aromatic amines is 1. The molecule has 5 heteroatoms. The van der Waals surface area contributed by atoms with Crippen molar-refractivity contribution in [2.24, 2.45) is 0 Å². The Morgan fingerprint density at radius 1 is 1.32 bits per heavy atom. The molecule has 2 aromatic rings. The fourth-order valence-corrected chi connectivity index (χ4v) is 3.01. The van der Waals surface area contributed by atoms with Crippen molar-refractivity contribution >= 4 is 17.0 Å². The van der Waals surface area contributed by atoms with Gasteiger partial charge in [0.1, 0.15) is 5.60 Å². The summed E-state index contributed by atoms with van der Waals surface area (Å²) in [7, 11) is 0. The van der Waals surface area contributed by atoms with Gasteiger partial charge in [-0.15, -0.1) is 0 Å². The van der Waals surface area contributed by atoms with E-state index in [1.807, 2.05) is 26.8 Å². The summed E-state index contributed by atoms with van der Waals surface area (Å²) in [6.45, 7) is 5.55. The highest BCUT2D eigenvalue weighted by Crippen LogP contribution is 2.34. The van der Waals surface area contributed by atoms with Gasteiger partial charge < -0.3 is 9.72 Å². The molecule has 1 amide bonds. The summed E-state index contributed by atoms with van der Waals surface area (Å²) in [5, 5.41) is 1.28. The van der Waals surface area contributed by atoms with Gasteiger partial charge in [0.15, 0.2) is 0 Å². The van der Waals surface area contributed by atoms with E-state index in [1.165, 1.54) is 16.6 Å². The lowest BCUT2D eigenvalue weighted by Crippen LogP contribution is -2.43. The lowest BCUT2D eigenvalue weighted by molar-refractivity contribution is 0.0485. The second-order valence-corrected chi connectivity index (χ2v) is 6.78. The van der Waals surface area contributed by atoms with Gasteiger partial charge in [-0.3, -0.25) is 5.43 Å². The van der Waals surface area contributed by atoms with Gasteiger partial charge in [0, 0.05) is 16.6 Å². The number of fused-ring (bicyclic) bond motifs is 3. The highest BCUT2D eigenvalue weighted by atomic mass is 16.6. The molecular formula is C17H23N3O2. The molecule has 1 aliphatic carbocycles. The Balaban J connectivity index is 1.74. The summed E-state index contributed by atoms with van der Waals surface area (Å²) in [5.41, 5.74) is 8.95. The number of amides is 1. The van der Waals surface area contributed by atoms with Crippen molar-refractivity contribution in [3.05, 3.63) is 35.5 Å². The number of carbonyl (C=O) groups excluding carboxylic acids is 1. The summed E-state index contributed by atoms with van der Waals surface area (Å²) in [6.07, 6.45) is 2.71. The molecule has 5 nitrogen and oxygen atoms in total. The van der Waals surface area contributed by atoms with Gasteiger partial charge in [0.25, 0.3) is 0 Å². The molecule has 1 unspecified atom stereocenters. The molecule has 1 aliphatic rings. The molecule has 0 fully saturated rings. The maximum Gasteiger partial charge on any atom is 0.422 e. The van der Waals surface area contributed by atoms with E-state index in [2.05, 4.69) is 34.0 Å². The zero-order valence-electron chi connectivity index (χ0n) is 13.3. The van der Waals surface area contributed by atoms with Crippen molar-refractivity contribution in [1.29, 1.82) is 0 Å². The number of hydrogen-bond acceptors (Lipinski definition) is 3. The first-order valence-corrected chi connectivity index (χ1v) is 7.78. The second kappa shape index (κ2) is 5.65. The molecule has 1 aromatic carbocycles. The zero-order chi connectivity index (χ0) is 15.7. The number of rotatable bonds is 2. The predicted octanol–water partition coefficient (Wildman–Crippen LogP) is 3.57. The Morgan fingerprint density at radius 2 is 2.09 bits per heavy atom. The summed E-state index contributed by atoms with van der Waals surface area (Å²) in [5.74, 6) is 0. The fourth-order valence-electron chi connectivity index (χ4n) is 3.01. The van der Waals surface area contributed by atoms with Crippen LogP contribution in [0.3, 0.4) is 0 Å². The summed E-state index contributed by atoms with van der Waals surface area (Å²) in [6, 6.07) is 8.42. The first-order valence-electron chi connectivity index (χ1n) is 7.78. The van der Waals surface area contributed by atoms with E-state index in [4.69, 9.17) is 4.74 Å². The van der Waals surface area contributed by atoms with Crippen LogP contribution in [0, 0.1) is 0 Å². The number of H-pyrrole nitrogens is 1. The predicted molar refractivity (Wildman–Crippen MR) is 86.5 cm³/mol. The maximum atomic E-state index is 11.8. The van der Waals surface area contributed by atoms with Crippen LogP contribution in [0.5, 0.6) is 0 Å². The van der Waals surface area contributed by atoms with Crippen molar-refractivity contribution in [2.45, 2.75) is 51.7 Å². The monoisotopic (exact) mass is 301 g/mol. The molecular weight excluding hydrogens is 278 g/mol. The summed E-state index contributed by atoms with van der Waals surface area (Å²) < 4.78 is 5.25. The first kappa shape index (κ1) is 14.9. The van der Waals surface area contributed by atoms with Crippen LogP contribution in [0.2, 0.25) is 0 Å². The molecule has 0 spiro atoms. The maximum absolute atomic E-state index is 11.8. The van der Waals surface area contributed by atoms with E-state index in [0.717, 1.165) is 24.8 Å². The van der Waals surface area contributed by atoms with Crippen LogP contribution in [-0.2, 0) is 11.2 Å². The fraction of sp³-hybridized carbons (Fsp3) is 0.471. The SMILES string of the molecule is CC(C)(C)OC(=O)NNC1CCCc2c1[nH]c1ccccc21. The Morgan fingerprint density at radius 3 is 2.86 bits per heavy atom. The Bertz CT molecular complexity index is 685. The molecule has 0 saturated heterocycles. The molecule has 3 N–H and O–H groups in total. The number of ether oxygens (including phenoxy) is 1. The minimum absolute atomic E-state index is 0.0867. The third kappa shape index (κ3) is 3.09. The van der Waals surface area contributed by atoms with Crippen LogP contribution in [0.1, 0.15) is 50.9 Å². The molecule has 0 bridgehead atoms. The van der Waals surface area contributed by atoms with Crippen molar-refractivity contribution in [3.8, 4) is 0 Å². The lowest BCUT2D eigenvalue weighted by Gasteiger charge is -2.25. The summed E-state index contributed by atoms with van der Waals surface area (Å²) >= 11 is 0.